The Balaban J connectivity index is 1.45. The van der Waals surface area contributed by atoms with E-state index in [0.29, 0.717) is 22.7 Å². The van der Waals surface area contributed by atoms with E-state index in [4.69, 9.17) is 16.3 Å². The number of morpholine rings is 1. The van der Waals surface area contributed by atoms with Crippen LogP contribution >= 0.6 is 11.6 Å². The van der Waals surface area contributed by atoms with Gasteiger partial charge >= 0.3 is 0 Å². The number of hydrogen-bond donors (Lipinski definition) is 2. The van der Waals surface area contributed by atoms with Gasteiger partial charge in [0.05, 0.1) is 12.2 Å². The Morgan fingerprint density at radius 2 is 2.04 bits per heavy atom. The zero-order valence-corrected chi connectivity index (χ0v) is 13.2. The predicted octanol–water partition coefficient (Wildman–Crippen LogP) is 3.39. The fourth-order valence-electron chi connectivity index (χ4n) is 3.27. The molecule has 2 fully saturated rings. The number of fused-ring (bicyclic) bond motifs is 2. The van der Waals surface area contributed by atoms with Crippen LogP contribution in [0.3, 0.4) is 0 Å². The van der Waals surface area contributed by atoms with Crippen molar-refractivity contribution in [3.05, 3.63) is 64.7 Å². The molecule has 2 aliphatic heterocycles. The van der Waals surface area contributed by atoms with Crippen LogP contribution in [0.15, 0.2) is 48.5 Å². The van der Waals surface area contributed by atoms with Crippen molar-refractivity contribution in [2.24, 2.45) is 0 Å². The number of nitrogens with one attached hydrogen (secondary N) is 2. The van der Waals surface area contributed by atoms with E-state index < -0.39 is 0 Å². The highest BCUT2D eigenvalue weighted by molar-refractivity contribution is 6.31. The number of hydrogen-bond acceptors (Lipinski definition) is 3. The Morgan fingerprint density at radius 3 is 2.70 bits per heavy atom. The van der Waals surface area contributed by atoms with Gasteiger partial charge < -0.3 is 15.4 Å². The van der Waals surface area contributed by atoms with E-state index in [1.165, 1.54) is 0 Å². The normalized spacial score (nSPS) is 25.5. The van der Waals surface area contributed by atoms with Crippen molar-refractivity contribution in [3.8, 4) is 0 Å². The summed E-state index contributed by atoms with van der Waals surface area (Å²) in [5.41, 5.74) is 2.45. The van der Waals surface area contributed by atoms with Crippen molar-refractivity contribution in [3.63, 3.8) is 0 Å². The number of anilines is 1. The first-order chi connectivity index (χ1) is 11.2. The van der Waals surface area contributed by atoms with E-state index in [-0.39, 0.29) is 12.0 Å². The van der Waals surface area contributed by atoms with Crippen LogP contribution in [0.25, 0.3) is 0 Å². The molecule has 3 atom stereocenters. The molecule has 2 aliphatic rings. The molecule has 0 aromatic heterocycles. The smallest absolute Gasteiger partial charge is 0.255 e. The minimum absolute atomic E-state index is 0.117. The van der Waals surface area contributed by atoms with E-state index in [1.54, 1.807) is 24.3 Å². The van der Waals surface area contributed by atoms with Gasteiger partial charge in [-0.05, 0) is 42.3 Å². The second-order valence-corrected chi connectivity index (χ2v) is 6.45. The molecule has 0 radical (unpaired) electrons. The van der Waals surface area contributed by atoms with Gasteiger partial charge in [-0.1, -0.05) is 29.8 Å². The van der Waals surface area contributed by atoms with Crippen LogP contribution in [-0.2, 0) is 4.74 Å². The summed E-state index contributed by atoms with van der Waals surface area (Å²) < 4.78 is 5.99. The summed E-state index contributed by atoms with van der Waals surface area (Å²) in [4.78, 5) is 12.2. The Hall–Kier alpha value is -1.88. The molecule has 118 valence electrons. The molecule has 0 unspecified atom stereocenters. The van der Waals surface area contributed by atoms with Gasteiger partial charge in [0.25, 0.3) is 5.91 Å². The fourth-order valence-corrected chi connectivity index (χ4v) is 3.46. The van der Waals surface area contributed by atoms with Crippen molar-refractivity contribution in [2.75, 3.05) is 11.9 Å². The van der Waals surface area contributed by atoms with Gasteiger partial charge in [0, 0.05) is 28.9 Å². The molecule has 4 rings (SSSR count). The lowest BCUT2D eigenvalue weighted by molar-refractivity contribution is 0.0160. The van der Waals surface area contributed by atoms with Crippen molar-refractivity contribution >= 4 is 23.2 Å². The standard InChI is InChI=1S/C18H17ClN2O2/c19-13-3-1-2-12(8-13)18(22)21-14-6-4-11(5-7-14)17-16-9-15(23-17)10-20-16/h1-8,15-17,20H,9-10H2,(H,21,22)/t15-,16-,17+/m1/s1. The third-order valence-corrected chi connectivity index (χ3v) is 4.65. The molecule has 2 aromatic carbocycles. The minimum atomic E-state index is -0.168. The summed E-state index contributed by atoms with van der Waals surface area (Å²) in [7, 11) is 0. The molecule has 5 heteroatoms. The summed E-state index contributed by atoms with van der Waals surface area (Å²) in [5.74, 6) is -0.168. The van der Waals surface area contributed by atoms with Crippen LogP contribution < -0.4 is 10.6 Å². The van der Waals surface area contributed by atoms with E-state index in [1.807, 2.05) is 24.3 Å². The van der Waals surface area contributed by atoms with Crippen LogP contribution in [-0.4, -0.2) is 24.6 Å². The Morgan fingerprint density at radius 1 is 1.22 bits per heavy atom. The molecule has 2 bridgehead atoms. The summed E-state index contributed by atoms with van der Waals surface area (Å²) in [5, 5.41) is 6.90. The monoisotopic (exact) mass is 328 g/mol. The van der Waals surface area contributed by atoms with Gasteiger partial charge in [-0.25, -0.2) is 0 Å². The van der Waals surface area contributed by atoms with E-state index in [2.05, 4.69) is 10.6 Å². The van der Waals surface area contributed by atoms with Gasteiger partial charge in [-0.15, -0.1) is 0 Å². The molecule has 1 amide bonds. The molecule has 0 aliphatic carbocycles. The molecule has 2 saturated heterocycles. The number of ether oxygens (including phenoxy) is 1. The van der Waals surface area contributed by atoms with E-state index >= 15 is 0 Å². The third kappa shape index (κ3) is 2.98. The largest absolute Gasteiger partial charge is 0.367 e. The molecular formula is C18H17ClN2O2. The zero-order chi connectivity index (χ0) is 15.8. The maximum atomic E-state index is 12.2. The van der Waals surface area contributed by atoms with E-state index in [0.717, 1.165) is 24.2 Å². The molecule has 4 nitrogen and oxygen atoms in total. The lowest BCUT2D eigenvalue weighted by Crippen LogP contribution is -2.33. The molecular weight excluding hydrogens is 312 g/mol. The molecule has 0 saturated carbocycles. The maximum absolute atomic E-state index is 12.2. The molecule has 23 heavy (non-hydrogen) atoms. The minimum Gasteiger partial charge on any atom is -0.367 e. The van der Waals surface area contributed by atoms with Crippen molar-refractivity contribution in [1.82, 2.24) is 5.32 Å². The number of benzene rings is 2. The summed E-state index contributed by atoms with van der Waals surface area (Å²) >= 11 is 5.92. The lowest BCUT2D eigenvalue weighted by Gasteiger charge is -2.23. The molecule has 2 aromatic rings. The molecule has 2 N–H and O–H groups in total. The Kier molecular flexibility index (Phi) is 3.81. The highest BCUT2D eigenvalue weighted by atomic mass is 35.5. The van der Waals surface area contributed by atoms with Crippen LogP contribution in [0.2, 0.25) is 5.02 Å². The van der Waals surface area contributed by atoms with E-state index in [9.17, 15) is 4.79 Å². The van der Waals surface area contributed by atoms with Gasteiger partial charge in [0.1, 0.15) is 0 Å². The predicted molar refractivity (Wildman–Crippen MR) is 89.9 cm³/mol. The van der Waals surface area contributed by atoms with Crippen molar-refractivity contribution in [2.45, 2.75) is 24.7 Å². The number of amides is 1. The number of halogens is 1. The zero-order valence-electron chi connectivity index (χ0n) is 12.5. The first kappa shape index (κ1) is 14.7. The third-order valence-electron chi connectivity index (χ3n) is 4.41. The maximum Gasteiger partial charge on any atom is 0.255 e. The van der Waals surface area contributed by atoms with Gasteiger partial charge in [-0.2, -0.15) is 0 Å². The second-order valence-electron chi connectivity index (χ2n) is 6.02. The average molecular weight is 329 g/mol. The first-order valence-electron chi connectivity index (χ1n) is 7.75. The summed E-state index contributed by atoms with van der Waals surface area (Å²) in [6.45, 7) is 0.953. The summed E-state index contributed by atoms with van der Waals surface area (Å²) in [6, 6.07) is 15.2. The fraction of sp³-hybridized carbons (Fsp3) is 0.278. The van der Waals surface area contributed by atoms with Crippen molar-refractivity contribution in [1.29, 1.82) is 0 Å². The molecule has 0 spiro atoms. The van der Waals surface area contributed by atoms with Crippen LogP contribution in [0.4, 0.5) is 5.69 Å². The molecule has 2 heterocycles. The SMILES string of the molecule is O=C(Nc1ccc([C@@H]2O[C@H]3CN[C@@H]2C3)cc1)c1cccc(Cl)c1. The Bertz CT molecular complexity index is 732. The number of rotatable bonds is 3. The first-order valence-corrected chi connectivity index (χ1v) is 8.12. The average Bonchev–Trinajstić information content (AvgIpc) is 3.19. The van der Waals surface area contributed by atoms with Crippen LogP contribution in [0.1, 0.15) is 28.4 Å². The van der Waals surface area contributed by atoms with Crippen LogP contribution in [0.5, 0.6) is 0 Å². The van der Waals surface area contributed by atoms with Gasteiger partial charge in [0.2, 0.25) is 0 Å². The summed E-state index contributed by atoms with van der Waals surface area (Å²) in [6.07, 6.45) is 1.54. The second kappa shape index (κ2) is 5.96. The number of carbonyl (C=O) groups is 1. The van der Waals surface area contributed by atoms with Gasteiger partial charge in [-0.3, -0.25) is 4.79 Å². The van der Waals surface area contributed by atoms with Crippen molar-refractivity contribution < 1.29 is 9.53 Å². The highest BCUT2D eigenvalue weighted by Gasteiger charge is 2.41. The Labute approximate surface area is 139 Å². The highest BCUT2D eigenvalue weighted by Crippen LogP contribution is 2.37. The topological polar surface area (TPSA) is 50.4 Å². The van der Waals surface area contributed by atoms with Gasteiger partial charge in [0.15, 0.2) is 0 Å². The lowest BCUT2D eigenvalue weighted by atomic mass is 10.0. The van der Waals surface area contributed by atoms with Crippen LogP contribution in [0, 0.1) is 0 Å². The number of carbonyl (C=O) groups excluding carboxylic acids is 1. The quantitative estimate of drug-likeness (QED) is 0.908.